The highest BCUT2D eigenvalue weighted by Crippen LogP contribution is 2.30. The number of carbonyl (C=O) groups is 3. The molecule has 0 bridgehead atoms. The fraction of sp³-hybridized carbons (Fsp3) is 0.190. The average molecular weight is 428 g/mol. The van der Waals surface area contributed by atoms with Crippen LogP contribution < -0.4 is 0 Å². The second-order valence-electron chi connectivity index (χ2n) is 6.27. The number of benzene rings is 3. The maximum absolute atomic E-state index is 12.5. The van der Waals surface area contributed by atoms with E-state index in [0.29, 0.717) is 17.7 Å². The molecular weight excluding hydrogens is 414 g/mol. The number of carbonyl (C=O) groups excluding carboxylic acids is 3. The zero-order valence-electron chi connectivity index (χ0n) is 15.4. The Morgan fingerprint density at radius 1 is 0.733 bits per heavy atom. The predicted molar refractivity (Wildman–Crippen MR) is 98.2 cm³/mol. The van der Waals surface area contributed by atoms with Crippen molar-refractivity contribution in [3.8, 4) is 0 Å². The molecule has 0 aliphatic heterocycles. The molecule has 0 aromatic heterocycles. The zero-order valence-corrected chi connectivity index (χ0v) is 15.4. The van der Waals surface area contributed by atoms with Crippen molar-refractivity contribution < 1.29 is 40.7 Å². The van der Waals surface area contributed by atoms with Crippen molar-refractivity contribution in [3.05, 3.63) is 60.2 Å². The third-order valence-corrected chi connectivity index (χ3v) is 4.09. The molecule has 158 valence electrons. The van der Waals surface area contributed by atoms with Gasteiger partial charge in [-0.25, -0.2) is 0 Å². The molecule has 3 aromatic rings. The van der Waals surface area contributed by atoms with E-state index in [2.05, 4.69) is 0 Å². The van der Waals surface area contributed by atoms with Crippen LogP contribution in [0, 0.1) is 0 Å². The van der Waals surface area contributed by atoms with Crippen molar-refractivity contribution in [1.82, 2.24) is 0 Å². The first-order valence-electron chi connectivity index (χ1n) is 8.44. The van der Waals surface area contributed by atoms with Crippen molar-refractivity contribution in [1.29, 1.82) is 0 Å². The third kappa shape index (κ3) is 5.43. The van der Waals surface area contributed by atoms with Gasteiger partial charge < -0.3 is 0 Å². The van der Waals surface area contributed by atoms with E-state index < -0.39 is 36.1 Å². The molecule has 0 amide bonds. The summed E-state index contributed by atoms with van der Waals surface area (Å²) in [6, 6.07) is 15.8. The minimum Gasteiger partial charge on any atom is -0.294 e. The van der Waals surface area contributed by atoms with E-state index in [0.717, 1.165) is 10.8 Å². The molecule has 9 heteroatoms. The van der Waals surface area contributed by atoms with Gasteiger partial charge in [0.05, 0.1) is 6.42 Å². The zero-order chi connectivity index (χ0) is 22.7. The van der Waals surface area contributed by atoms with E-state index in [1.54, 1.807) is 48.5 Å². The Morgan fingerprint density at radius 3 is 1.50 bits per heavy atom. The van der Waals surface area contributed by atoms with Crippen molar-refractivity contribution in [2.24, 2.45) is 0 Å². The van der Waals surface area contributed by atoms with Gasteiger partial charge in [0.2, 0.25) is 11.6 Å². The predicted octanol–water partition coefficient (Wildman–Crippen LogP) is 5.83. The number of halogens is 6. The molecule has 0 radical (unpaired) electrons. The summed E-state index contributed by atoms with van der Waals surface area (Å²) in [5, 5.41) is 2.58. The van der Waals surface area contributed by atoms with Gasteiger partial charge in [-0.15, -0.1) is 0 Å². The van der Waals surface area contributed by atoms with Crippen LogP contribution in [0.3, 0.4) is 0 Å². The first kappa shape index (κ1) is 23.1. The highest BCUT2D eigenvalue weighted by atomic mass is 19.4. The standard InChI is InChI=1S/C18H11F3O2.C3H3F3O/c19-18(20,21)16(23)10-15(22)17-13-7-3-1-5-11(13)9-12-6-2-4-8-14(12)17;1-2(7)3(4,5)6/h1-9H,10H2;1H3. The molecule has 0 heterocycles. The van der Waals surface area contributed by atoms with Gasteiger partial charge in [-0.1, -0.05) is 48.5 Å². The summed E-state index contributed by atoms with van der Waals surface area (Å²) in [6.45, 7) is 0.486. The molecule has 0 saturated carbocycles. The van der Waals surface area contributed by atoms with E-state index in [1.165, 1.54) is 0 Å². The highest BCUT2D eigenvalue weighted by molar-refractivity contribution is 6.22. The molecule has 0 aliphatic rings. The average Bonchev–Trinajstić information content (AvgIpc) is 2.64. The van der Waals surface area contributed by atoms with Crippen LogP contribution in [0.2, 0.25) is 0 Å². The molecule has 0 aliphatic carbocycles. The number of Topliss-reactive ketones (excluding diaryl/α,β-unsaturated/α-hetero) is 3. The first-order chi connectivity index (χ1) is 13.8. The van der Waals surface area contributed by atoms with Crippen LogP contribution in [0.25, 0.3) is 21.5 Å². The van der Waals surface area contributed by atoms with Crippen molar-refractivity contribution in [2.45, 2.75) is 25.7 Å². The van der Waals surface area contributed by atoms with Gasteiger partial charge >= 0.3 is 12.4 Å². The van der Waals surface area contributed by atoms with Gasteiger partial charge in [0.25, 0.3) is 0 Å². The van der Waals surface area contributed by atoms with E-state index >= 15 is 0 Å². The van der Waals surface area contributed by atoms with Gasteiger partial charge in [-0.05, 0) is 27.6 Å². The summed E-state index contributed by atoms with van der Waals surface area (Å²) in [4.78, 5) is 32.9. The molecule has 0 unspecified atom stereocenters. The third-order valence-electron chi connectivity index (χ3n) is 4.09. The van der Waals surface area contributed by atoms with E-state index in [-0.39, 0.29) is 5.56 Å². The van der Waals surface area contributed by atoms with Crippen molar-refractivity contribution in [3.63, 3.8) is 0 Å². The Balaban J connectivity index is 0.000000396. The quantitative estimate of drug-likeness (QED) is 0.228. The fourth-order valence-electron chi connectivity index (χ4n) is 2.65. The number of ketones is 3. The van der Waals surface area contributed by atoms with Crippen LogP contribution in [-0.4, -0.2) is 29.7 Å². The van der Waals surface area contributed by atoms with Crippen LogP contribution in [0.1, 0.15) is 23.7 Å². The number of rotatable bonds is 3. The largest absolute Gasteiger partial charge is 0.450 e. The molecule has 3 rings (SSSR count). The number of alkyl halides is 6. The van der Waals surface area contributed by atoms with Gasteiger partial charge in [-0.2, -0.15) is 26.3 Å². The van der Waals surface area contributed by atoms with Gasteiger partial charge in [0, 0.05) is 12.5 Å². The summed E-state index contributed by atoms with van der Waals surface area (Å²) in [5.41, 5.74) is 0.163. The maximum atomic E-state index is 12.5. The Bertz CT molecular complexity index is 1060. The number of fused-ring (bicyclic) bond motifs is 2. The lowest BCUT2D eigenvalue weighted by Crippen LogP contribution is -2.25. The van der Waals surface area contributed by atoms with E-state index in [9.17, 15) is 40.7 Å². The van der Waals surface area contributed by atoms with Crippen LogP contribution in [-0.2, 0) is 9.59 Å². The summed E-state index contributed by atoms with van der Waals surface area (Å²) in [5.74, 6) is -4.60. The summed E-state index contributed by atoms with van der Waals surface area (Å²) in [6.07, 6.45) is -10.8. The summed E-state index contributed by atoms with van der Waals surface area (Å²) in [7, 11) is 0. The lowest BCUT2D eigenvalue weighted by molar-refractivity contribution is -0.170. The monoisotopic (exact) mass is 428 g/mol. The fourth-order valence-corrected chi connectivity index (χ4v) is 2.65. The SMILES string of the molecule is CC(=O)C(F)(F)F.O=C(CC(=O)C(F)(F)F)c1c2ccccc2cc2ccccc12. The van der Waals surface area contributed by atoms with Gasteiger partial charge in [0.15, 0.2) is 5.78 Å². The molecule has 0 fully saturated rings. The molecule has 0 N–H and O–H groups in total. The van der Waals surface area contributed by atoms with Crippen LogP contribution in [0.15, 0.2) is 54.6 Å². The van der Waals surface area contributed by atoms with Crippen LogP contribution >= 0.6 is 0 Å². The molecular formula is C21H14F6O3. The van der Waals surface area contributed by atoms with Crippen LogP contribution in [0.5, 0.6) is 0 Å². The van der Waals surface area contributed by atoms with E-state index in [4.69, 9.17) is 0 Å². The summed E-state index contributed by atoms with van der Waals surface area (Å²) >= 11 is 0. The Labute approximate surface area is 166 Å². The Hall–Kier alpha value is -3.23. The molecule has 0 saturated heterocycles. The molecule has 3 nitrogen and oxygen atoms in total. The lowest BCUT2D eigenvalue weighted by atomic mass is 9.92. The molecule has 0 spiro atoms. The van der Waals surface area contributed by atoms with Gasteiger partial charge in [-0.3, -0.25) is 14.4 Å². The van der Waals surface area contributed by atoms with Crippen molar-refractivity contribution >= 4 is 38.9 Å². The Morgan fingerprint density at radius 2 is 1.13 bits per heavy atom. The molecule has 3 aromatic carbocycles. The smallest absolute Gasteiger partial charge is 0.294 e. The van der Waals surface area contributed by atoms with Crippen LogP contribution in [0.4, 0.5) is 26.3 Å². The Kier molecular flexibility index (Phi) is 6.64. The highest BCUT2D eigenvalue weighted by Gasteiger charge is 2.39. The second-order valence-corrected chi connectivity index (χ2v) is 6.27. The summed E-state index contributed by atoms with van der Waals surface area (Å²) < 4.78 is 69.8. The first-order valence-corrected chi connectivity index (χ1v) is 8.44. The van der Waals surface area contributed by atoms with E-state index in [1.807, 2.05) is 6.07 Å². The normalized spacial score (nSPS) is 11.7. The topological polar surface area (TPSA) is 51.2 Å². The van der Waals surface area contributed by atoms with Crippen molar-refractivity contribution in [2.75, 3.05) is 0 Å². The number of hydrogen-bond donors (Lipinski definition) is 0. The maximum Gasteiger partial charge on any atom is 0.450 e. The molecule has 30 heavy (non-hydrogen) atoms. The lowest BCUT2D eigenvalue weighted by Gasteiger charge is -2.11. The minimum atomic E-state index is -5.00. The van der Waals surface area contributed by atoms with Gasteiger partial charge in [0.1, 0.15) is 0 Å². The minimum absolute atomic E-state index is 0.163. The second kappa shape index (κ2) is 8.64. The number of hydrogen-bond acceptors (Lipinski definition) is 3. The molecule has 0 atom stereocenters.